The Morgan fingerprint density at radius 1 is 1.21 bits per heavy atom. The molecule has 0 spiro atoms. The second-order valence-corrected chi connectivity index (χ2v) is 8.39. The van der Waals surface area contributed by atoms with Crippen molar-refractivity contribution in [3.05, 3.63) is 53.6 Å². The number of ether oxygens (including phenoxy) is 1. The number of aliphatic imine (C=N–C) groups is 1. The largest absolute Gasteiger partial charge is 0.492 e. The molecule has 0 aromatic heterocycles. The molecule has 2 aliphatic rings. The number of hydrogen-bond donors (Lipinski definition) is 3. The van der Waals surface area contributed by atoms with Gasteiger partial charge in [0, 0.05) is 43.5 Å². The lowest BCUT2D eigenvalue weighted by Crippen LogP contribution is -2.44. The predicted molar refractivity (Wildman–Crippen MR) is 145 cm³/mol. The average molecular weight is 563 g/mol. The molecular weight excluding hydrogens is 529 g/mol. The van der Waals surface area contributed by atoms with Gasteiger partial charge in [0.05, 0.1) is 6.54 Å². The molecule has 1 unspecified atom stereocenters. The van der Waals surface area contributed by atoms with E-state index in [4.69, 9.17) is 9.73 Å². The van der Waals surface area contributed by atoms with Gasteiger partial charge in [-0.2, -0.15) is 0 Å². The smallest absolute Gasteiger partial charge is 0.224 e. The van der Waals surface area contributed by atoms with Crippen LogP contribution in [0.3, 0.4) is 0 Å². The Labute approximate surface area is 213 Å². The van der Waals surface area contributed by atoms with Crippen LogP contribution >= 0.6 is 24.0 Å². The molecular formula is C25H34IN5O2. The number of anilines is 2. The molecule has 8 heteroatoms. The normalized spacial score (nSPS) is 17.6. The van der Waals surface area contributed by atoms with E-state index < -0.39 is 0 Å². The zero-order valence-electron chi connectivity index (χ0n) is 19.4. The first-order chi connectivity index (χ1) is 15.6. The fourth-order valence-electron chi connectivity index (χ4n) is 4.15. The number of carbonyl (C=O) groups is 1. The van der Waals surface area contributed by atoms with Gasteiger partial charge in [-0.05, 0) is 62.6 Å². The van der Waals surface area contributed by atoms with Crippen molar-refractivity contribution in [2.45, 2.75) is 39.2 Å². The van der Waals surface area contributed by atoms with Gasteiger partial charge in [-0.25, -0.2) is 4.99 Å². The van der Waals surface area contributed by atoms with Gasteiger partial charge in [-0.15, -0.1) is 24.0 Å². The van der Waals surface area contributed by atoms with Crippen LogP contribution in [0.1, 0.15) is 30.9 Å². The van der Waals surface area contributed by atoms with Crippen molar-refractivity contribution >= 4 is 47.2 Å². The maximum atomic E-state index is 11.5. The van der Waals surface area contributed by atoms with Gasteiger partial charge in [0.1, 0.15) is 12.4 Å². The van der Waals surface area contributed by atoms with Crippen LogP contribution in [0.5, 0.6) is 5.75 Å². The highest BCUT2D eigenvalue weighted by Gasteiger charge is 2.23. The summed E-state index contributed by atoms with van der Waals surface area (Å²) in [6.45, 7) is 8.09. The molecule has 0 radical (unpaired) electrons. The lowest BCUT2D eigenvalue weighted by molar-refractivity contribution is -0.116. The Balaban J connectivity index is 0.00000306. The van der Waals surface area contributed by atoms with E-state index in [-0.39, 0.29) is 29.9 Å². The number of hydrogen-bond acceptors (Lipinski definition) is 4. The van der Waals surface area contributed by atoms with Crippen molar-refractivity contribution in [3.8, 4) is 5.75 Å². The number of nitrogens with zero attached hydrogens (tertiary/aromatic N) is 2. The number of fused-ring (bicyclic) bond motifs is 1. The maximum Gasteiger partial charge on any atom is 0.224 e. The summed E-state index contributed by atoms with van der Waals surface area (Å²) in [6, 6.07) is 14.9. The summed E-state index contributed by atoms with van der Waals surface area (Å²) < 4.78 is 5.90. The topological polar surface area (TPSA) is 78.0 Å². The number of halogens is 1. The van der Waals surface area contributed by atoms with E-state index in [1.165, 1.54) is 11.3 Å². The SMILES string of the molecule is CCNC(=NCCOc1ccc2c(c1)CCC(=O)N2)NC1CCN(c2ccc(C)cc2)C1.I. The van der Waals surface area contributed by atoms with Crippen LogP contribution in [0, 0.1) is 6.92 Å². The fourth-order valence-corrected chi connectivity index (χ4v) is 4.15. The molecule has 2 heterocycles. The van der Waals surface area contributed by atoms with Gasteiger partial charge in [0.25, 0.3) is 0 Å². The summed E-state index contributed by atoms with van der Waals surface area (Å²) in [4.78, 5) is 18.6. The summed E-state index contributed by atoms with van der Waals surface area (Å²) in [6.07, 6.45) is 2.37. The zero-order chi connectivity index (χ0) is 22.3. The molecule has 178 valence electrons. The zero-order valence-corrected chi connectivity index (χ0v) is 21.7. The Bertz CT molecular complexity index is 964. The van der Waals surface area contributed by atoms with Crippen LogP contribution in [0.2, 0.25) is 0 Å². The molecule has 1 amide bonds. The Morgan fingerprint density at radius 3 is 2.82 bits per heavy atom. The molecule has 33 heavy (non-hydrogen) atoms. The van der Waals surface area contributed by atoms with E-state index in [0.717, 1.165) is 55.4 Å². The highest BCUT2D eigenvalue weighted by molar-refractivity contribution is 14.0. The van der Waals surface area contributed by atoms with E-state index in [2.05, 4.69) is 59.0 Å². The third-order valence-electron chi connectivity index (χ3n) is 5.87. The number of amides is 1. The van der Waals surface area contributed by atoms with E-state index in [0.29, 0.717) is 25.6 Å². The van der Waals surface area contributed by atoms with E-state index in [9.17, 15) is 4.79 Å². The molecule has 2 aliphatic heterocycles. The van der Waals surface area contributed by atoms with Crippen molar-refractivity contribution in [1.82, 2.24) is 10.6 Å². The highest BCUT2D eigenvalue weighted by Crippen LogP contribution is 2.26. The van der Waals surface area contributed by atoms with Crippen LogP contribution in [0.15, 0.2) is 47.5 Å². The first-order valence-electron chi connectivity index (χ1n) is 11.5. The second kappa shape index (κ2) is 12.1. The maximum absolute atomic E-state index is 11.5. The minimum absolute atomic E-state index is 0. The van der Waals surface area contributed by atoms with Crippen LogP contribution in [-0.2, 0) is 11.2 Å². The van der Waals surface area contributed by atoms with Crippen LogP contribution in [0.4, 0.5) is 11.4 Å². The van der Waals surface area contributed by atoms with Gasteiger partial charge in [-0.1, -0.05) is 17.7 Å². The predicted octanol–water partition coefficient (Wildman–Crippen LogP) is 3.71. The summed E-state index contributed by atoms with van der Waals surface area (Å²) in [5.41, 5.74) is 4.58. The Kier molecular flexibility index (Phi) is 9.22. The molecule has 4 rings (SSSR count). The Hall–Kier alpha value is -2.49. The molecule has 0 bridgehead atoms. The van der Waals surface area contributed by atoms with Gasteiger partial charge < -0.3 is 25.6 Å². The molecule has 2 aromatic carbocycles. The van der Waals surface area contributed by atoms with Crippen LogP contribution in [0.25, 0.3) is 0 Å². The Morgan fingerprint density at radius 2 is 2.03 bits per heavy atom. The average Bonchev–Trinajstić information content (AvgIpc) is 3.25. The number of guanidine groups is 1. The third kappa shape index (κ3) is 6.99. The quantitative estimate of drug-likeness (QED) is 0.207. The molecule has 7 nitrogen and oxygen atoms in total. The van der Waals surface area contributed by atoms with Crippen molar-refractivity contribution in [1.29, 1.82) is 0 Å². The number of rotatable bonds is 7. The molecule has 1 atom stereocenters. The highest BCUT2D eigenvalue weighted by atomic mass is 127. The summed E-state index contributed by atoms with van der Waals surface area (Å²) in [7, 11) is 0. The monoisotopic (exact) mass is 563 g/mol. The minimum atomic E-state index is 0. The van der Waals surface area contributed by atoms with Crippen molar-refractivity contribution in [2.75, 3.05) is 43.0 Å². The first kappa shape index (κ1) is 25.1. The van der Waals surface area contributed by atoms with Crippen molar-refractivity contribution in [2.24, 2.45) is 4.99 Å². The van der Waals surface area contributed by atoms with Gasteiger partial charge >= 0.3 is 0 Å². The van der Waals surface area contributed by atoms with Gasteiger partial charge in [0.2, 0.25) is 5.91 Å². The molecule has 3 N–H and O–H groups in total. The molecule has 0 aliphatic carbocycles. The van der Waals surface area contributed by atoms with Crippen LogP contribution < -0.4 is 25.6 Å². The first-order valence-corrected chi connectivity index (χ1v) is 11.5. The summed E-state index contributed by atoms with van der Waals surface area (Å²) >= 11 is 0. The van der Waals surface area contributed by atoms with Crippen LogP contribution in [-0.4, -0.2) is 50.7 Å². The fraction of sp³-hybridized carbons (Fsp3) is 0.440. The van der Waals surface area contributed by atoms with Gasteiger partial charge in [0.15, 0.2) is 5.96 Å². The molecule has 2 aromatic rings. The van der Waals surface area contributed by atoms with E-state index in [1.54, 1.807) is 0 Å². The summed E-state index contributed by atoms with van der Waals surface area (Å²) in [5.74, 6) is 1.73. The van der Waals surface area contributed by atoms with E-state index in [1.807, 2.05) is 18.2 Å². The molecule has 1 saturated heterocycles. The number of nitrogens with one attached hydrogen (secondary N) is 3. The minimum Gasteiger partial charge on any atom is -0.492 e. The summed E-state index contributed by atoms with van der Waals surface area (Å²) in [5, 5.41) is 9.81. The molecule has 1 fully saturated rings. The third-order valence-corrected chi connectivity index (χ3v) is 5.87. The van der Waals surface area contributed by atoms with E-state index >= 15 is 0 Å². The number of benzene rings is 2. The van der Waals surface area contributed by atoms with Crippen molar-refractivity contribution < 1.29 is 9.53 Å². The van der Waals surface area contributed by atoms with Crippen molar-refractivity contribution in [3.63, 3.8) is 0 Å². The number of aryl methyl sites for hydroxylation is 2. The molecule has 0 saturated carbocycles. The number of carbonyl (C=O) groups excluding carboxylic acids is 1. The van der Waals surface area contributed by atoms with Gasteiger partial charge in [-0.3, -0.25) is 4.79 Å². The lowest BCUT2D eigenvalue weighted by atomic mass is 10.0. The second-order valence-electron chi connectivity index (χ2n) is 8.39. The lowest BCUT2D eigenvalue weighted by Gasteiger charge is -2.20. The standard InChI is InChI=1S/C25H33N5O2.HI/c1-3-26-25(28-20-12-14-30(17-20)21-7-4-18(2)5-8-21)27-13-15-32-22-9-10-23-19(16-22)6-11-24(31)29-23;/h4-5,7-10,16,20H,3,6,11-15,17H2,1-2H3,(H,29,31)(H2,26,27,28);1H.